The first-order valence-electron chi connectivity index (χ1n) is 5.54. The number of nitrogens with zero attached hydrogens (tertiary/aromatic N) is 1. The number of hydrogen-bond acceptors (Lipinski definition) is 5. The Kier molecular flexibility index (Phi) is 6.12. The van der Waals surface area contributed by atoms with Crippen molar-refractivity contribution >= 4 is 0 Å². The summed E-state index contributed by atoms with van der Waals surface area (Å²) in [6, 6.07) is 0.323. The van der Waals surface area contributed by atoms with E-state index in [2.05, 4.69) is 17.1 Å². The summed E-state index contributed by atoms with van der Waals surface area (Å²) in [5, 5.41) is 21.0. The van der Waals surface area contributed by atoms with Crippen LogP contribution in [0.25, 0.3) is 0 Å². The molecule has 5 nitrogen and oxygen atoms in total. The molecule has 3 N–H and O–H groups in total. The molecule has 0 aliphatic carbocycles. The lowest BCUT2D eigenvalue weighted by Gasteiger charge is -2.29. The SMILES string of the molecule is CC(CN1CCOCC1)NCC(O)CO. The van der Waals surface area contributed by atoms with Crippen molar-refractivity contribution < 1.29 is 14.9 Å². The zero-order valence-electron chi connectivity index (χ0n) is 9.35. The van der Waals surface area contributed by atoms with Gasteiger partial charge in [0.25, 0.3) is 0 Å². The number of nitrogens with one attached hydrogen (secondary N) is 1. The number of aliphatic hydroxyl groups is 2. The third kappa shape index (κ3) is 5.44. The Morgan fingerprint density at radius 3 is 2.67 bits per heavy atom. The van der Waals surface area contributed by atoms with Crippen molar-refractivity contribution in [3.8, 4) is 0 Å². The quantitative estimate of drug-likeness (QED) is 0.514. The molecule has 0 aromatic heterocycles. The van der Waals surface area contributed by atoms with Crippen LogP contribution in [0.15, 0.2) is 0 Å². The molecule has 2 unspecified atom stereocenters. The van der Waals surface area contributed by atoms with Crippen molar-refractivity contribution in [3.05, 3.63) is 0 Å². The van der Waals surface area contributed by atoms with Gasteiger partial charge in [0.1, 0.15) is 0 Å². The van der Waals surface area contributed by atoms with Crippen molar-refractivity contribution in [3.63, 3.8) is 0 Å². The van der Waals surface area contributed by atoms with Crippen molar-refractivity contribution in [1.82, 2.24) is 10.2 Å². The molecule has 0 aromatic rings. The molecule has 0 radical (unpaired) electrons. The van der Waals surface area contributed by atoms with Gasteiger partial charge in [0.2, 0.25) is 0 Å². The zero-order valence-corrected chi connectivity index (χ0v) is 9.35. The predicted octanol–water partition coefficient (Wildman–Crippen LogP) is -1.35. The molecule has 1 aliphatic rings. The second kappa shape index (κ2) is 7.14. The van der Waals surface area contributed by atoms with Gasteiger partial charge < -0.3 is 20.3 Å². The van der Waals surface area contributed by atoms with Crippen LogP contribution in [0.1, 0.15) is 6.92 Å². The number of morpholine rings is 1. The summed E-state index contributed by atoms with van der Waals surface area (Å²) in [6.07, 6.45) is -0.655. The number of rotatable bonds is 6. The molecule has 2 atom stereocenters. The smallest absolute Gasteiger partial charge is 0.0895 e. The van der Waals surface area contributed by atoms with E-state index in [9.17, 15) is 0 Å². The maximum absolute atomic E-state index is 9.17. The molecular formula is C10H22N2O3. The number of hydrogen-bond donors (Lipinski definition) is 3. The van der Waals surface area contributed by atoms with Gasteiger partial charge >= 0.3 is 0 Å². The van der Waals surface area contributed by atoms with E-state index in [1.165, 1.54) is 0 Å². The van der Waals surface area contributed by atoms with E-state index in [-0.39, 0.29) is 6.61 Å². The maximum Gasteiger partial charge on any atom is 0.0895 e. The minimum absolute atomic E-state index is 0.183. The Morgan fingerprint density at radius 2 is 2.07 bits per heavy atom. The van der Waals surface area contributed by atoms with Crippen LogP contribution in [-0.2, 0) is 4.74 Å². The fourth-order valence-corrected chi connectivity index (χ4v) is 1.64. The molecule has 0 bridgehead atoms. The Hall–Kier alpha value is -0.200. The first-order valence-corrected chi connectivity index (χ1v) is 5.54. The third-order valence-corrected chi connectivity index (χ3v) is 2.55. The van der Waals surface area contributed by atoms with E-state index >= 15 is 0 Å². The molecule has 0 saturated carbocycles. The lowest BCUT2D eigenvalue weighted by atomic mass is 10.2. The lowest BCUT2D eigenvalue weighted by Crippen LogP contribution is -2.46. The fraction of sp³-hybridized carbons (Fsp3) is 1.00. The van der Waals surface area contributed by atoms with Crippen molar-refractivity contribution in [2.24, 2.45) is 0 Å². The molecule has 1 aliphatic heterocycles. The highest BCUT2D eigenvalue weighted by Gasteiger charge is 2.13. The number of ether oxygens (including phenoxy) is 1. The van der Waals surface area contributed by atoms with Crippen molar-refractivity contribution in [2.75, 3.05) is 46.0 Å². The van der Waals surface area contributed by atoms with Gasteiger partial charge in [0, 0.05) is 32.2 Å². The minimum Gasteiger partial charge on any atom is -0.394 e. The fourth-order valence-electron chi connectivity index (χ4n) is 1.64. The van der Waals surface area contributed by atoms with Gasteiger partial charge in [-0.1, -0.05) is 0 Å². The minimum atomic E-state index is -0.655. The summed E-state index contributed by atoms with van der Waals surface area (Å²) in [5.41, 5.74) is 0. The maximum atomic E-state index is 9.17. The van der Waals surface area contributed by atoms with Crippen LogP contribution in [0.5, 0.6) is 0 Å². The molecule has 1 heterocycles. The van der Waals surface area contributed by atoms with Crippen molar-refractivity contribution in [1.29, 1.82) is 0 Å². The highest BCUT2D eigenvalue weighted by atomic mass is 16.5. The van der Waals surface area contributed by atoms with Crippen LogP contribution in [0.4, 0.5) is 0 Å². The topological polar surface area (TPSA) is 65.0 Å². The van der Waals surface area contributed by atoms with E-state index in [0.29, 0.717) is 12.6 Å². The van der Waals surface area contributed by atoms with Gasteiger partial charge in [0.05, 0.1) is 25.9 Å². The molecule has 0 spiro atoms. The largest absolute Gasteiger partial charge is 0.394 e. The Bertz CT molecular complexity index is 163. The summed E-state index contributed by atoms with van der Waals surface area (Å²) < 4.78 is 5.26. The molecule has 1 rings (SSSR count). The van der Waals surface area contributed by atoms with Gasteiger partial charge in [-0.3, -0.25) is 4.90 Å². The molecule has 0 amide bonds. The standard InChI is InChI=1S/C10H22N2O3/c1-9(11-6-10(14)8-13)7-12-2-4-15-5-3-12/h9-11,13-14H,2-8H2,1H3. The molecule has 1 fully saturated rings. The lowest BCUT2D eigenvalue weighted by molar-refractivity contribution is 0.0328. The Morgan fingerprint density at radius 1 is 1.40 bits per heavy atom. The second-order valence-corrected chi connectivity index (χ2v) is 4.06. The van der Waals surface area contributed by atoms with Crippen LogP contribution in [-0.4, -0.2) is 73.3 Å². The third-order valence-electron chi connectivity index (χ3n) is 2.55. The summed E-state index contributed by atoms with van der Waals surface area (Å²) in [7, 11) is 0. The highest BCUT2D eigenvalue weighted by Crippen LogP contribution is 1.98. The van der Waals surface area contributed by atoms with E-state index in [1.54, 1.807) is 0 Å². The molecule has 15 heavy (non-hydrogen) atoms. The van der Waals surface area contributed by atoms with Gasteiger partial charge in [-0.2, -0.15) is 0 Å². The van der Waals surface area contributed by atoms with Gasteiger partial charge in [-0.25, -0.2) is 0 Å². The summed E-state index contributed by atoms with van der Waals surface area (Å²) in [4.78, 5) is 2.34. The van der Waals surface area contributed by atoms with Crippen molar-refractivity contribution in [2.45, 2.75) is 19.1 Å². The van der Waals surface area contributed by atoms with Crippen LogP contribution in [0.3, 0.4) is 0 Å². The van der Waals surface area contributed by atoms with Crippen LogP contribution >= 0.6 is 0 Å². The highest BCUT2D eigenvalue weighted by molar-refractivity contribution is 4.71. The molecule has 0 aromatic carbocycles. The Balaban J connectivity index is 2.08. The van der Waals surface area contributed by atoms with E-state index in [4.69, 9.17) is 14.9 Å². The van der Waals surface area contributed by atoms with Gasteiger partial charge in [0.15, 0.2) is 0 Å². The summed E-state index contributed by atoms with van der Waals surface area (Å²) in [6.45, 7) is 6.89. The summed E-state index contributed by atoms with van der Waals surface area (Å²) in [5.74, 6) is 0. The summed E-state index contributed by atoms with van der Waals surface area (Å²) >= 11 is 0. The first kappa shape index (κ1) is 12.9. The first-order chi connectivity index (χ1) is 7.22. The van der Waals surface area contributed by atoms with Crippen LogP contribution in [0.2, 0.25) is 0 Å². The van der Waals surface area contributed by atoms with Crippen LogP contribution < -0.4 is 5.32 Å². The Labute approximate surface area is 91.0 Å². The average Bonchev–Trinajstić information content (AvgIpc) is 2.27. The second-order valence-electron chi connectivity index (χ2n) is 4.06. The van der Waals surface area contributed by atoms with E-state index in [1.807, 2.05) is 0 Å². The zero-order chi connectivity index (χ0) is 11.1. The molecule has 90 valence electrons. The molecule has 5 heteroatoms. The van der Waals surface area contributed by atoms with E-state index in [0.717, 1.165) is 32.8 Å². The predicted molar refractivity (Wildman–Crippen MR) is 57.8 cm³/mol. The molecule has 1 saturated heterocycles. The number of aliphatic hydroxyl groups excluding tert-OH is 2. The average molecular weight is 218 g/mol. The normalized spacial score (nSPS) is 22.6. The van der Waals surface area contributed by atoms with Gasteiger partial charge in [-0.05, 0) is 6.92 Å². The van der Waals surface area contributed by atoms with Crippen LogP contribution in [0, 0.1) is 0 Å². The van der Waals surface area contributed by atoms with E-state index < -0.39 is 6.10 Å². The van der Waals surface area contributed by atoms with Gasteiger partial charge in [-0.15, -0.1) is 0 Å². The monoisotopic (exact) mass is 218 g/mol. The molecular weight excluding hydrogens is 196 g/mol.